The van der Waals surface area contributed by atoms with Crippen molar-refractivity contribution in [3.63, 3.8) is 0 Å². The number of imide groups is 1. The molecule has 0 fully saturated rings. The van der Waals surface area contributed by atoms with Gasteiger partial charge in [-0.05, 0) is 18.2 Å². The quantitative estimate of drug-likeness (QED) is 0.246. The van der Waals surface area contributed by atoms with Crippen LogP contribution in [0.2, 0.25) is 0 Å². The zero-order valence-corrected chi connectivity index (χ0v) is 17.3. The predicted molar refractivity (Wildman–Crippen MR) is 111 cm³/mol. The number of non-ortho nitro benzene ring substituents is 1. The molecular formula is C20H14N4O7S. The second-order valence-electron chi connectivity index (χ2n) is 6.70. The largest absolute Gasteiger partial charge is 0.468 e. The Bertz CT molecular complexity index is 1350. The topological polar surface area (TPSA) is 141 Å². The van der Waals surface area contributed by atoms with Crippen LogP contribution in [0, 0.1) is 10.1 Å². The fourth-order valence-corrected chi connectivity index (χ4v) is 4.35. The van der Waals surface area contributed by atoms with Gasteiger partial charge in [-0.25, -0.2) is 0 Å². The molecule has 1 aliphatic heterocycles. The van der Waals surface area contributed by atoms with E-state index in [0.29, 0.717) is 10.2 Å². The van der Waals surface area contributed by atoms with Crippen molar-refractivity contribution in [3.8, 4) is 0 Å². The van der Waals surface area contributed by atoms with E-state index in [9.17, 15) is 29.3 Å². The zero-order chi connectivity index (χ0) is 23.0. The highest BCUT2D eigenvalue weighted by Crippen LogP contribution is 2.24. The molecule has 0 unspecified atom stereocenters. The Hall–Kier alpha value is -4.19. The van der Waals surface area contributed by atoms with Crippen molar-refractivity contribution in [2.75, 3.05) is 13.7 Å². The number of fused-ring (bicyclic) bond motifs is 2. The molecule has 0 saturated carbocycles. The first-order valence-electron chi connectivity index (χ1n) is 9.17. The van der Waals surface area contributed by atoms with Crippen LogP contribution in [0.4, 0.5) is 5.69 Å². The molecule has 11 nitrogen and oxygen atoms in total. The van der Waals surface area contributed by atoms with Gasteiger partial charge < -0.3 is 9.30 Å². The van der Waals surface area contributed by atoms with Gasteiger partial charge in [-0.2, -0.15) is 4.99 Å². The fraction of sp³-hybridized carbons (Fsp3) is 0.150. The number of nitro benzene ring substituents is 1. The Labute approximate surface area is 183 Å². The highest BCUT2D eigenvalue weighted by molar-refractivity contribution is 7.16. The van der Waals surface area contributed by atoms with Gasteiger partial charge in [-0.15, -0.1) is 0 Å². The van der Waals surface area contributed by atoms with Gasteiger partial charge >= 0.3 is 5.97 Å². The van der Waals surface area contributed by atoms with Crippen LogP contribution in [0.5, 0.6) is 0 Å². The molecule has 0 aliphatic carbocycles. The molecule has 1 aliphatic rings. The second-order valence-corrected chi connectivity index (χ2v) is 7.71. The van der Waals surface area contributed by atoms with Crippen molar-refractivity contribution in [1.82, 2.24) is 9.47 Å². The number of nitro groups is 1. The average Bonchev–Trinajstić information content (AvgIpc) is 3.23. The van der Waals surface area contributed by atoms with Crippen LogP contribution < -0.4 is 4.80 Å². The number of aromatic nitrogens is 1. The number of nitrogens with zero attached hydrogens (tertiary/aromatic N) is 4. The van der Waals surface area contributed by atoms with Crippen molar-refractivity contribution >= 4 is 50.9 Å². The van der Waals surface area contributed by atoms with Crippen LogP contribution in [-0.2, 0) is 20.9 Å². The minimum absolute atomic E-state index is 0.0764. The van der Waals surface area contributed by atoms with Gasteiger partial charge in [-0.1, -0.05) is 23.5 Å². The Morgan fingerprint density at radius 2 is 1.75 bits per heavy atom. The third-order valence-electron chi connectivity index (χ3n) is 4.78. The summed E-state index contributed by atoms with van der Waals surface area (Å²) >= 11 is 0.958. The lowest BCUT2D eigenvalue weighted by atomic mass is 10.1. The summed E-state index contributed by atoms with van der Waals surface area (Å²) in [5.74, 6) is -2.59. The molecule has 162 valence electrons. The monoisotopic (exact) mass is 454 g/mol. The molecule has 2 heterocycles. The summed E-state index contributed by atoms with van der Waals surface area (Å²) in [4.78, 5) is 64.8. The number of hydrogen-bond donors (Lipinski definition) is 0. The van der Waals surface area contributed by atoms with Gasteiger partial charge in [0.15, 0.2) is 4.80 Å². The van der Waals surface area contributed by atoms with Crippen LogP contribution in [0.1, 0.15) is 20.7 Å². The van der Waals surface area contributed by atoms with E-state index in [-0.39, 0.29) is 28.2 Å². The lowest BCUT2D eigenvalue weighted by Gasteiger charge is -2.10. The number of hydrogen-bond acceptors (Lipinski definition) is 8. The number of carbonyl (C=O) groups is 4. The third-order valence-corrected chi connectivity index (χ3v) is 5.83. The molecule has 1 aromatic heterocycles. The number of thiazole rings is 1. The SMILES string of the molecule is COC(=O)Cn1c(=NC(=O)CN2C(=O)c3ccccc3C2=O)sc2cc([N+](=O)[O-])ccc21. The van der Waals surface area contributed by atoms with E-state index >= 15 is 0 Å². The van der Waals surface area contributed by atoms with Crippen molar-refractivity contribution in [2.45, 2.75) is 6.54 Å². The summed E-state index contributed by atoms with van der Waals surface area (Å²) < 4.78 is 6.49. The molecule has 0 spiro atoms. The summed E-state index contributed by atoms with van der Waals surface area (Å²) in [6, 6.07) is 10.3. The normalized spacial score (nSPS) is 13.5. The van der Waals surface area contributed by atoms with E-state index in [1.807, 2.05) is 0 Å². The lowest BCUT2D eigenvalue weighted by Crippen LogP contribution is -2.35. The Balaban J connectivity index is 1.71. The van der Waals surface area contributed by atoms with E-state index in [4.69, 9.17) is 0 Å². The number of amides is 3. The van der Waals surface area contributed by atoms with Crippen LogP contribution in [-0.4, -0.2) is 51.7 Å². The van der Waals surface area contributed by atoms with Crippen LogP contribution in [0.15, 0.2) is 47.5 Å². The van der Waals surface area contributed by atoms with Gasteiger partial charge in [0.2, 0.25) is 0 Å². The minimum atomic E-state index is -0.792. The van der Waals surface area contributed by atoms with Crippen molar-refractivity contribution in [3.05, 3.63) is 68.5 Å². The van der Waals surface area contributed by atoms with E-state index in [1.165, 1.54) is 42.0 Å². The first kappa shape index (κ1) is 21.1. The number of methoxy groups -OCH3 is 1. The summed E-state index contributed by atoms with van der Waals surface area (Å²) in [6.45, 7) is -0.869. The first-order chi connectivity index (χ1) is 15.3. The molecule has 4 rings (SSSR count). The maximum absolute atomic E-state index is 12.6. The molecule has 0 radical (unpaired) electrons. The van der Waals surface area contributed by atoms with Crippen molar-refractivity contribution < 1.29 is 28.8 Å². The van der Waals surface area contributed by atoms with Crippen LogP contribution in [0.25, 0.3) is 10.2 Å². The molecule has 0 N–H and O–H groups in total. The predicted octanol–water partition coefficient (Wildman–Crippen LogP) is 1.51. The smallest absolute Gasteiger partial charge is 0.325 e. The van der Waals surface area contributed by atoms with Gasteiger partial charge in [0.1, 0.15) is 13.1 Å². The van der Waals surface area contributed by atoms with E-state index in [1.54, 1.807) is 12.1 Å². The van der Waals surface area contributed by atoms with Gasteiger partial charge in [0.05, 0.1) is 33.4 Å². The van der Waals surface area contributed by atoms with E-state index in [2.05, 4.69) is 9.73 Å². The maximum Gasteiger partial charge on any atom is 0.325 e. The summed E-state index contributed by atoms with van der Waals surface area (Å²) in [7, 11) is 1.20. The third kappa shape index (κ3) is 3.67. The summed E-state index contributed by atoms with van der Waals surface area (Å²) in [6.07, 6.45) is 0. The lowest BCUT2D eigenvalue weighted by molar-refractivity contribution is -0.384. The highest BCUT2D eigenvalue weighted by atomic mass is 32.1. The second kappa shape index (κ2) is 8.15. The number of ether oxygens (including phenoxy) is 1. The Morgan fingerprint density at radius 3 is 2.34 bits per heavy atom. The molecule has 0 atom stereocenters. The Morgan fingerprint density at radius 1 is 1.09 bits per heavy atom. The van der Waals surface area contributed by atoms with Crippen molar-refractivity contribution in [1.29, 1.82) is 0 Å². The van der Waals surface area contributed by atoms with Crippen LogP contribution in [0.3, 0.4) is 0 Å². The Kier molecular flexibility index (Phi) is 5.36. The summed E-state index contributed by atoms with van der Waals surface area (Å²) in [5.41, 5.74) is 0.701. The highest BCUT2D eigenvalue weighted by Gasteiger charge is 2.36. The molecule has 3 amide bonds. The van der Waals surface area contributed by atoms with E-state index in [0.717, 1.165) is 16.2 Å². The first-order valence-corrected chi connectivity index (χ1v) is 9.99. The summed E-state index contributed by atoms with van der Waals surface area (Å²) in [5, 5.41) is 11.1. The van der Waals surface area contributed by atoms with Crippen LogP contribution >= 0.6 is 11.3 Å². The van der Waals surface area contributed by atoms with Crippen molar-refractivity contribution in [2.24, 2.45) is 4.99 Å². The zero-order valence-electron chi connectivity index (χ0n) is 16.5. The van der Waals surface area contributed by atoms with Gasteiger partial charge in [0.25, 0.3) is 23.4 Å². The number of esters is 1. The standard InChI is InChI=1S/C20H14N4O7S/c1-31-17(26)10-22-14-7-6-11(24(29)30)8-15(14)32-20(22)21-16(25)9-23-18(27)12-4-2-3-5-13(12)19(23)28/h2-8H,9-10H2,1H3. The molecular weight excluding hydrogens is 440 g/mol. The molecule has 0 saturated heterocycles. The minimum Gasteiger partial charge on any atom is -0.468 e. The maximum atomic E-state index is 12.6. The number of benzene rings is 2. The molecule has 32 heavy (non-hydrogen) atoms. The van der Waals surface area contributed by atoms with Gasteiger partial charge in [0, 0.05) is 12.1 Å². The van der Waals surface area contributed by atoms with Gasteiger partial charge in [-0.3, -0.25) is 34.2 Å². The van der Waals surface area contributed by atoms with E-state index < -0.39 is 35.2 Å². The average molecular weight is 454 g/mol. The molecule has 0 bridgehead atoms. The molecule has 12 heteroatoms. The molecule has 3 aromatic rings. The number of rotatable bonds is 5. The molecule has 2 aromatic carbocycles. The number of carbonyl (C=O) groups excluding carboxylic acids is 4. The fourth-order valence-electron chi connectivity index (χ4n) is 3.27.